The van der Waals surface area contributed by atoms with Crippen LogP contribution >= 0.6 is 0 Å². The van der Waals surface area contributed by atoms with Crippen molar-refractivity contribution in [1.29, 1.82) is 0 Å². The minimum absolute atomic E-state index is 0.00376. The third-order valence-corrected chi connectivity index (χ3v) is 3.92. The predicted octanol–water partition coefficient (Wildman–Crippen LogP) is 0.391. The summed E-state index contributed by atoms with van der Waals surface area (Å²) in [5, 5.41) is 7.91. The van der Waals surface area contributed by atoms with Crippen molar-refractivity contribution in [1.82, 2.24) is 20.9 Å². The molecule has 0 aliphatic carbocycles. The van der Waals surface area contributed by atoms with E-state index in [1.807, 2.05) is 13.8 Å². The first-order valence-corrected chi connectivity index (χ1v) is 9.30. The Hall–Kier alpha value is -2.32. The number of alkyl carbamates (subject to hydrolysis) is 1. The van der Waals surface area contributed by atoms with E-state index in [2.05, 4.69) is 16.0 Å². The molecule has 1 saturated heterocycles. The normalized spacial score (nSPS) is 17.0. The van der Waals surface area contributed by atoms with Gasteiger partial charge >= 0.3 is 6.09 Å². The van der Waals surface area contributed by atoms with Crippen molar-refractivity contribution in [3.63, 3.8) is 0 Å². The number of hydrogen-bond donors (Lipinski definition) is 3. The van der Waals surface area contributed by atoms with Crippen LogP contribution in [-0.4, -0.2) is 66.5 Å². The number of ether oxygens (including phenoxy) is 1. The summed E-state index contributed by atoms with van der Waals surface area (Å²) in [5.74, 6) is -0.751. The Kier molecular flexibility index (Phi) is 8.52. The van der Waals surface area contributed by atoms with E-state index >= 15 is 0 Å². The second-order valence-electron chi connectivity index (χ2n) is 7.86. The van der Waals surface area contributed by atoms with Gasteiger partial charge in [-0.1, -0.05) is 0 Å². The number of nitrogens with zero attached hydrogens (tertiary/aromatic N) is 1. The third-order valence-electron chi connectivity index (χ3n) is 3.92. The van der Waals surface area contributed by atoms with E-state index in [1.54, 1.807) is 25.7 Å². The lowest BCUT2D eigenvalue weighted by Crippen LogP contribution is -2.40. The molecular weight excluding hydrogens is 352 g/mol. The van der Waals surface area contributed by atoms with Gasteiger partial charge in [0.05, 0.1) is 5.92 Å². The van der Waals surface area contributed by atoms with Crippen molar-refractivity contribution in [2.45, 2.75) is 59.1 Å². The molecule has 0 radical (unpaired) electrons. The monoisotopic (exact) mass is 384 g/mol. The smallest absolute Gasteiger partial charge is 0.407 e. The Bertz CT molecular complexity index is 556. The van der Waals surface area contributed by atoms with E-state index in [1.165, 1.54) is 0 Å². The van der Waals surface area contributed by atoms with Crippen LogP contribution in [0.1, 0.15) is 47.5 Å². The highest BCUT2D eigenvalue weighted by atomic mass is 16.6. The minimum Gasteiger partial charge on any atom is -0.444 e. The SMILES string of the molecule is CC(C)N1CC(C(=O)NCCNC(=O)CCNC(=O)OC(C)(C)C)CC1=O. The second kappa shape index (κ2) is 10.1. The number of amides is 4. The molecule has 154 valence electrons. The van der Waals surface area contributed by atoms with Crippen molar-refractivity contribution >= 4 is 23.8 Å². The molecule has 0 bridgehead atoms. The fourth-order valence-electron chi connectivity index (χ4n) is 2.62. The molecule has 1 rings (SSSR count). The van der Waals surface area contributed by atoms with Gasteiger partial charge in [0.15, 0.2) is 0 Å². The number of likely N-dealkylation sites (tertiary alicyclic amines) is 1. The number of hydrogen-bond acceptors (Lipinski definition) is 5. The molecule has 1 atom stereocenters. The fourth-order valence-corrected chi connectivity index (χ4v) is 2.62. The Morgan fingerprint density at radius 1 is 1.11 bits per heavy atom. The van der Waals surface area contributed by atoms with Crippen LogP contribution in [0.25, 0.3) is 0 Å². The average molecular weight is 384 g/mol. The minimum atomic E-state index is -0.583. The summed E-state index contributed by atoms with van der Waals surface area (Å²) < 4.78 is 5.07. The molecule has 27 heavy (non-hydrogen) atoms. The Morgan fingerprint density at radius 2 is 1.74 bits per heavy atom. The van der Waals surface area contributed by atoms with Crippen molar-refractivity contribution < 1.29 is 23.9 Å². The van der Waals surface area contributed by atoms with Gasteiger partial charge in [-0.15, -0.1) is 0 Å². The topological polar surface area (TPSA) is 117 Å². The molecule has 0 aromatic rings. The molecule has 9 heteroatoms. The summed E-state index contributed by atoms with van der Waals surface area (Å²) in [6, 6.07) is 0.0869. The van der Waals surface area contributed by atoms with Gasteiger partial charge in [-0.2, -0.15) is 0 Å². The first-order chi connectivity index (χ1) is 12.5. The standard InChI is InChI=1S/C18H32N4O5/c1-12(2)22-11-13(10-15(22)24)16(25)20-9-8-19-14(23)6-7-21-17(26)27-18(3,4)5/h12-13H,6-11H2,1-5H3,(H,19,23)(H,20,25)(H,21,26). The molecule has 1 fully saturated rings. The molecule has 0 aromatic carbocycles. The third kappa shape index (κ3) is 8.74. The van der Waals surface area contributed by atoms with Gasteiger partial charge in [0.1, 0.15) is 5.60 Å². The molecule has 1 unspecified atom stereocenters. The van der Waals surface area contributed by atoms with Crippen LogP contribution in [0.2, 0.25) is 0 Å². The zero-order valence-electron chi connectivity index (χ0n) is 16.9. The molecule has 3 N–H and O–H groups in total. The molecule has 0 aromatic heterocycles. The van der Waals surface area contributed by atoms with Crippen LogP contribution in [0.3, 0.4) is 0 Å². The molecule has 0 spiro atoms. The van der Waals surface area contributed by atoms with Gasteiger partial charge in [0.25, 0.3) is 0 Å². The first-order valence-electron chi connectivity index (χ1n) is 9.30. The fraction of sp³-hybridized carbons (Fsp3) is 0.778. The van der Waals surface area contributed by atoms with E-state index in [4.69, 9.17) is 4.74 Å². The highest BCUT2D eigenvalue weighted by Gasteiger charge is 2.35. The summed E-state index contributed by atoms with van der Waals surface area (Å²) in [5.41, 5.74) is -0.583. The number of carbonyl (C=O) groups excluding carboxylic acids is 4. The Morgan fingerprint density at radius 3 is 2.30 bits per heavy atom. The van der Waals surface area contributed by atoms with Crippen molar-refractivity contribution in [3.05, 3.63) is 0 Å². The highest BCUT2D eigenvalue weighted by molar-refractivity contribution is 5.89. The molecule has 9 nitrogen and oxygen atoms in total. The first kappa shape index (κ1) is 22.7. The van der Waals surface area contributed by atoms with Gasteiger partial charge in [0, 0.05) is 45.1 Å². The zero-order valence-corrected chi connectivity index (χ0v) is 16.9. The molecule has 1 aliphatic rings. The quantitative estimate of drug-likeness (QED) is 0.524. The van der Waals surface area contributed by atoms with Crippen molar-refractivity contribution in [3.8, 4) is 0 Å². The average Bonchev–Trinajstić information content (AvgIpc) is 2.91. The van der Waals surface area contributed by atoms with Gasteiger partial charge in [-0.25, -0.2) is 4.79 Å². The lowest BCUT2D eigenvalue weighted by atomic mass is 10.1. The van der Waals surface area contributed by atoms with Crippen LogP contribution < -0.4 is 16.0 Å². The van der Waals surface area contributed by atoms with Crippen molar-refractivity contribution in [2.24, 2.45) is 5.92 Å². The van der Waals surface area contributed by atoms with E-state index < -0.39 is 11.7 Å². The highest BCUT2D eigenvalue weighted by Crippen LogP contribution is 2.19. The summed E-state index contributed by atoms with van der Waals surface area (Å²) in [6.07, 6.45) is -0.218. The summed E-state index contributed by atoms with van der Waals surface area (Å²) in [4.78, 5) is 48.8. The van der Waals surface area contributed by atoms with E-state index in [9.17, 15) is 19.2 Å². The summed E-state index contributed by atoms with van der Waals surface area (Å²) in [6.45, 7) is 10.3. The second-order valence-corrected chi connectivity index (χ2v) is 7.86. The maximum absolute atomic E-state index is 12.1. The number of rotatable bonds is 8. The van der Waals surface area contributed by atoms with Crippen molar-refractivity contribution in [2.75, 3.05) is 26.2 Å². The van der Waals surface area contributed by atoms with Gasteiger partial charge in [0.2, 0.25) is 17.7 Å². The Balaban J connectivity index is 2.14. The number of nitrogens with one attached hydrogen (secondary N) is 3. The van der Waals surface area contributed by atoms with Gasteiger partial charge in [-0.05, 0) is 34.6 Å². The maximum Gasteiger partial charge on any atom is 0.407 e. The van der Waals surface area contributed by atoms with Gasteiger partial charge in [-0.3, -0.25) is 14.4 Å². The summed E-state index contributed by atoms with van der Waals surface area (Å²) >= 11 is 0. The molecule has 4 amide bonds. The molecular formula is C18H32N4O5. The maximum atomic E-state index is 12.1. The largest absolute Gasteiger partial charge is 0.444 e. The lowest BCUT2D eigenvalue weighted by molar-refractivity contribution is -0.129. The molecule has 1 aliphatic heterocycles. The number of carbonyl (C=O) groups is 4. The lowest BCUT2D eigenvalue weighted by Gasteiger charge is -2.20. The molecule has 1 heterocycles. The predicted molar refractivity (Wildman–Crippen MR) is 99.8 cm³/mol. The molecule has 0 saturated carbocycles. The van der Waals surface area contributed by atoms with Crippen LogP contribution in [0.5, 0.6) is 0 Å². The Labute approximate surface area is 160 Å². The van der Waals surface area contributed by atoms with Crippen LogP contribution in [0.15, 0.2) is 0 Å². The van der Waals surface area contributed by atoms with Crippen LogP contribution in [0.4, 0.5) is 4.79 Å². The summed E-state index contributed by atoms with van der Waals surface area (Å²) in [7, 11) is 0. The van der Waals surface area contributed by atoms with Gasteiger partial charge < -0.3 is 25.6 Å². The van der Waals surface area contributed by atoms with Crippen LogP contribution in [-0.2, 0) is 19.1 Å². The van der Waals surface area contributed by atoms with Crippen LogP contribution in [0, 0.1) is 5.92 Å². The van der Waals surface area contributed by atoms with E-state index in [0.29, 0.717) is 6.54 Å². The van der Waals surface area contributed by atoms with E-state index in [0.717, 1.165) is 0 Å². The zero-order chi connectivity index (χ0) is 20.6. The van der Waals surface area contributed by atoms with E-state index in [-0.39, 0.29) is 62.2 Å².